The van der Waals surface area contributed by atoms with Gasteiger partial charge in [0.15, 0.2) is 11.9 Å². The summed E-state index contributed by atoms with van der Waals surface area (Å²) in [6, 6.07) is -1.82. The Morgan fingerprint density at radius 2 is 0.931 bits per heavy atom. The molecule has 9 amide bonds. The van der Waals surface area contributed by atoms with Crippen LogP contribution in [0.1, 0.15) is 97.2 Å². The van der Waals surface area contributed by atoms with E-state index in [0.717, 1.165) is 5.56 Å². The molecule has 0 saturated carbocycles. The van der Waals surface area contributed by atoms with Crippen LogP contribution in [0.25, 0.3) is 0 Å². The number of nitrogens with one attached hydrogen (secondary N) is 9. The topological polar surface area (TPSA) is 593 Å². The molecule has 38 heteroatoms. The number of carboxylic acid groups (broad SMARTS) is 3. The second-order valence-electron chi connectivity index (χ2n) is 25.1. The van der Waals surface area contributed by atoms with Crippen molar-refractivity contribution in [3.8, 4) is 0 Å². The zero-order chi connectivity index (χ0) is 74.4. The van der Waals surface area contributed by atoms with E-state index in [2.05, 4.69) is 62.5 Å². The van der Waals surface area contributed by atoms with E-state index in [0.29, 0.717) is 12.1 Å². The van der Waals surface area contributed by atoms with Gasteiger partial charge in [-0.3, -0.25) is 72.7 Å². The molecule has 1 saturated heterocycles. The number of primary amides is 1. The molecule has 1 aromatic heterocycles. The number of amides is 9. The van der Waals surface area contributed by atoms with Gasteiger partial charge < -0.3 is 112 Å². The van der Waals surface area contributed by atoms with E-state index >= 15 is 0 Å². The number of aromatic nitrogens is 2. The summed E-state index contributed by atoms with van der Waals surface area (Å²) in [6.45, 7) is 6.95. The Morgan fingerprint density at radius 3 is 1.34 bits per heavy atom. The summed E-state index contributed by atoms with van der Waals surface area (Å²) in [7, 11) is 0. The van der Waals surface area contributed by atoms with E-state index in [1.807, 2.05) is 0 Å². The predicted molar refractivity (Wildman–Crippen MR) is 361 cm³/mol. The molecule has 1 aromatic carbocycles. The predicted octanol–water partition coefficient (Wildman–Crippen LogP) is -10.0. The molecule has 0 spiro atoms. The number of aromatic amines is 1. The van der Waals surface area contributed by atoms with Crippen molar-refractivity contribution >= 4 is 83.0 Å². The number of hydrogen-bond donors (Lipinski definition) is 15. The van der Waals surface area contributed by atoms with Crippen molar-refractivity contribution in [3.05, 3.63) is 54.1 Å². The molecule has 21 N–H and O–H groups in total. The van der Waals surface area contributed by atoms with Gasteiger partial charge in [0.2, 0.25) is 53.2 Å². The number of carbonyl (C=O) groups excluding carboxylic acids is 12. The molecule has 1 aliphatic heterocycles. The molecular formula is C63H103N22O15Tb. The molecule has 0 radical (unpaired) electrons. The Kier molecular flexibility index (Phi) is 42.0. The second-order valence-corrected chi connectivity index (χ2v) is 25.1. The van der Waals surface area contributed by atoms with Crippen molar-refractivity contribution in [2.75, 3.05) is 98.2 Å². The number of aliphatic imine (C=N–C) groups is 2. The number of benzene rings is 1. The maximum atomic E-state index is 14.6. The Bertz CT molecular complexity index is 3000. The molecule has 1 fully saturated rings. The number of aliphatic carboxylic acids is 3. The Balaban J connectivity index is 0.0000347. The van der Waals surface area contributed by atoms with Crippen LogP contribution in [0.15, 0.2) is 52.8 Å². The quantitative estimate of drug-likeness (QED) is 0.0167. The summed E-state index contributed by atoms with van der Waals surface area (Å²) >= 11 is 0. The van der Waals surface area contributed by atoms with Gasteiger partial charge in [0.1, 0.15) is 48.3 Å². The summed E-state index contributed by atoms with van der Waals surface area (Å²) in [5, 5.41) is 56.5. The fourth-order valence-corrected chi connectivity index (χ4v) is 10.6. The van der Waals surface area contributed by atoms with E-state index in [1.165, 1.54) is 34.1 Å². The molecule has 1 aliphatic rings. The van der Waals surface area contributed by atoms with Gasteiger partial charge in [-0.05, 0) is 75.8 Å². The maximum Gasteiger partial charge on any atom is 3.00 e. The minimum atomic E-state index is -1.45. The van der Waals surface area contributed by atoms with E-state index in [1.54, 1.807) is 62.9 Å². The van der Waals surface area contributed by atoms with Crippen molar-refractivity contribution in [2.24, 2.45) is 56.2 Å². The number of carbonyl (C=O) groups is 12. The van der Waals surface area contributed by atoms with Gasteiger partial charge in [-0.1, -0.05) is 64.4 Å². The number of hydrogen-bond acceptors (Lipinski definition) is 23. The van der Waals surface area contributed by atoms with Crippen LogP contribution in [0.4, 0.5) is 0 Å². The molecule has 2 aromatic rings. The Hall–Kier alpha value is -8.30. The smallest absolute Gasteiger partial charge is 0.549 e. The zero-order valence-corrected chi connectivity index (χ0v) is 60.2. The summed E-state index contributed by atoms with van der Waals surface area (Å²) in [5.41, 5.74) is 35.1. The molecule has 101 heavy (non-hydrogen) atoms. The molecule has 1 unspecified atom stereocenters. The monoisotopic (exact) mass is 1570 g/mol. The third-order valence-corrected chi connectivity index (χ3v) is 16.3. The number of guanidine groups is 2. The fraction of sp³-hybridized carbons (Fsp3) is 0.635. The van der Waals surface area contributed by atoms with Crippen LogP contribution in [-0.2, 0) is 70.4 Å². The fourth-order valence-electron chi connectivity index (χ4n) is 10.6. The SMILES string of the molecule is CC[C@H](C)[C@H](NC(=O)[C@H](CC(C)C)NC(=O)[C@H](CCCN=C(N)N)NC(=O)[C@H](CCCN=C(N)N)NC(=O)C(CCCN)NC(=O)[C@H](C)NC(=O)[C@H](Cc1cnc[nH]1)NC(=O)CN1CCN(CC(=O)[O-])CCN(CC(=O)[O-])CCN(CC(=O)[O-])CC1)C(=O)N[C@@H](Cc1ccccc1)C(N)=O.[Tb+3]. The normalized spacial score (nSPS) is 16.1. The first-order chi connectivity index (χ1) is 47.4. The van der Waals surface area contributed by atoms with Crippen LogP contribution in [0, 0.1) is 50.4 Å². The van der Waals surface area contributed by atoms with Crippen LogP contribution < -0.4 is 92.3 Å². The average molecular weight is 1570 g/mol. The van der Waals surface area contributed by atoms with Crippen LogP contribution in [0.3, 0.4) is 0 Å². The van der Waals surface area contributed by atoms with Gasteiger partial charge in [-0.15, -0.1) is 0 Å². The Morgan fingerprint density at radius 1 is 0.515 bits per heavy atom. The number of nitrogens with zero attached hydrogens (tertiary/aromatic N) is 7. The van der Waals surface area contributed by atoms with Crippen molar-refractivity contribution < 1.29 is 111 Å². The third kappa shape index (κ3) is 36.2. The first-order valence-corrected chi connectivity index (χ1v) is 33.4. The maximum absolute atomic E-state index is 14.6. The minimum absolute atomic E-state index is 0. The molecule has 0 aliphatic carbocycles. The van der Waals surface area contributed by atoms with Crippen molar-refractivity contribution in [2.45, 2.75) is 147 Å². The second kappa shape index (κ2) is 47.7. The molecule has 0 bridgehead atoms. The van der Waals surface area contributed by atoms with Crippen molar-refractivity contribution in [3.63, 3.8) is 0 Å². The van der Waals surface area contributed by atoms with Gasteiger partial charge in [-0.2, -0.15) is 0 Å². The van der Waals surface area contributed by atoms with Crippen molar-refractivity contribution in [1.82, 2.24) is 72.1 Å². The van der Waals surface area contributed by atoms with Crippen LogP contribution in [0.5, 0.6) is 0 Å². The molecule has 3 rings (SSSR count). The van der Waals surface area contributed by atoms with Crippen LogP contribution in [0.2, 0.25) is 0 Å². The summed E-state index contributed by atoms with van der Waals surface area (Å²) < 4.78 is 0. The molecule has 37 nitrogen and oxygen atoms in total. The van der Waals surface area contributed by atoms with Gasteiger partial charge in [0, 0.05) is 110 Å². The number of imidazole rings is 1. The molecular weight excluding hydrogens is 1460 g/mol. The molecule has 2 heterocycles. The zero-order valence-electron chi connectivity index (χ0n) is 58.0. The largest absolute Gasteiger partial charge is 3.00 e. The molecule has 9 atom stereocenters. The summed E-state index contributed by atoms with van der Waals surface area (Å²) in [6.07, 6.45) is 3.12. The summed E-state index contributed by atoms with van der Waals surface area (Å²) in [5.74, 6) is -12.7. The van der Waals surface area contributed by atoms with E-state index in [4.69, 9.17) is 34.4 Å². The number of carboxylic acids is 3. The Labute approximate surface area is 618 Å². The van der Waals surface area contributed by atoms with Crippen LogP contribution in [-0.4, -0.2) is 259 Å². The number of H-pyrrole nitrogens is 1. The van der Waals surface area contributed by atoms with Gasteiger partial charge in [0.25, 0.3) is 0 Å². The minimum Gasteiger partial charge on any atom is -0.549 e. The average Bonchev–Trinajstić information content (AvgIpc) is 1.14. The van der Waals surface area contributed by atoms with Gasteiger partial charge in [0.05, 0.1) is 30.8 Å². The third-order valence-electron chi connectivity index (χ3n) is 16.3. The van der Waals surface area contributed by atoms with E-state index in [-0.39, 0.29) is 186 Å². The molecule has 564 valence electrons. The van der Waals surface area contributed by atoms with E-state index in [9.17, 15) is 72.9 Å². The number of nitrogens with two attached hydrogens (primary N) is 6. The van der Waals surface area contributed by atoms with Gasteiger partial charge >= 0.3 is 38.6 Å². The van der Waals surface area contributed by atoms with Gasteiger partial charge in [-0.25, -0.2) is 4.98 Å². The number of rotatable bonds is 43. The van der Waals surface area contributed by atoms with Crippen molar-refractivity contribution in [1.29, 1.82) is 0 Å². The first kappa shape index (κ1) is 88.8. The summed E-state index contributed by atoms with van der Waals surface area (Å²) in [4.78, 5) is 183. The first-order valence-electron chi connectivity index (χ1n) is 33.4. The van der Waals surface area contributed by atoms with E-state index < -0.39 is 152 Å². The standard InChI is InChI=1S/C63H106N22O15.Tb/c1-6-39(4)53(61(100)79-46(54(65)93)30-41-13-8-7-9-14-41)81-60(99)47(29-38(2)3)80-58(97)45(17-12-20-72-63(68)69)78-57(96)44(16-11-19-71-62(66)67)77-56(95)43(15-10-18-64)76-55(94)40(5)74-59(98)48(31-42-32-70-37-73-42)75-49(86)33-82-21-23-83(34-50(87)88)25-27-85(36-52(91)92)28-26-84(24-22-82)35-51(89)90;/h7-9,13-14,32,37-40,43-48,53H,6,10-12,15-31,33-36,64H2,1-5H3,(H2,65,93)(H,70,73)(H,74,98)(H,75,86)(H,76,94)(H,77,95)(H,78,96)(H,79,100)(H,80,97)(H,81,99)(H,87,88)(H,89,90)(H,91,92)(H4,66,67,71)(H4,68,69,72);/q;+3/p-3/t39-,40-,43?,44-,45-,46-,47-,48-,53-;/m0./s1. The van der Waals surface area contributed by atoms with Crippen LogP contribution >= 0.6 is 0 Å².